The van der Waals surface area contributed by atoms with Gasteiger partial charge in [0.1, 0.15) is 5.75 Å². The Morgan fingerprint density at radius 2 is 2.18 bits per heavy atom. The second-order valence-electron chi connectivity index (χ2n) is 3.47. The molecule has 0 saturated heterocycles. The first-order valence-corrected chi connectivity index (χ1v) is 5.58. The Hall–Kier alpha value is -1.26. The number of benzene rings is 1. The lowest BCUT2D eigenvalue weighted by molar-refractivity contribution is -0.153. The highest BCUT2D eigenvalue weighted by Crippen LogP contribution is 2.35. The number of esters is 1. The van der Waals surface area contributed by atoms with Crippen LogP contribution in [0.3, 0.4) is 0 Å². The van der Waals surface area contributed by atoms with Crippen molar-refractivity contribution >= 4 is 17.6 Å². The molecule has 17 heavy (non-hydrogen) atoms. The number of ether oxygens (including phenoxy) is 2. The van der Waals surface area contributed by atoms with Crippen LogP contribution >= 0.6 is 11.6 Å². The SMILES string of the molecule is CCOC(=O)C(O)c1c(C)ccc(Cl)c1OC. The number of hydrogen-bond acceptors (Lipinski definition) is 4. The molecule has 1 unspecified atom stereocenters. The largest absolute Gasteiger partial charge is 0.495 e. The summed E-state index contributed by atoms with van der Waals surface area (Å²) < 4.78 is 9.87. The van der Waals surface area contributed by atoms with E-state index in [9.17, 15) is 9.90 Å². The average Bonchev–Trinajstić information content (AvgIpc) is 2.31. The number of halogens is 1. The Bertz CT molecular complexity index is 417. The van der Waals surface area contributed by atoms with Gasteiger partial charge in [0.15, 0.2) is 6.10 Å². The predicted molar refractivity (Wildman–Crippen MR) is 64.3 cm³/mol. The molecule has 1 aromatic rings. The minimum absolute atomic E-state index is 0.206. The Morgan fingerprint density at radius 1 is 1.53 bits per heavy atom. The smallest absolute Gasteiger partial charge is 0.339 e. The van der Waals surface area contributed by atoms with Crippen molar-refractivity contribution in [2.24, 2.45) is 0 Å². The van der Waals surface area contributed by atoms with Crippen molar-refractivity contribution in [2.75, 3.05) is 13.7 Å². The normalized spacial score (nSPS) is 12.1. The van der Waals surface area contributed by atoms with E-state index in [1.54, 1.807) is 26.0 Å². The molecule has 0 spiro atoms. The second-order valence-corrected chi connectivity index (χ2v) is 3.87. The first-order valence-electron chi connectivity index (χ1n) is 5.20. The number of aliphatic hydroxyl groups is 1. The first kappa shape index (κ1) is 13.8. The van der Waals surface area contributed by atoms with Crippen molar-refractivity contribution in [1.29, 1.82) is 0 Å². The summed E-state index contributed by atoms with van der Waals surface area (Å²) in [5, 5.41) is 10.3. The molecule has 1 atom stereocenters. The van der Waals surface area contributed by atoms with Crippen LogP contribution in [0.25, 0.3) is 0 Å². The highest BCUT2D eigenvalue weighted by molar-refractivity contribution is 6.32. The summed E-state index contributed by atoms with van der Waals surface area (Å²) in [6, 6.07) is 3.36. The highest BCUT2D eigenvalue weighted by atomic mass is 35.5. The van der Waals surface area contributed by atoms with E-state index < -0.39 is 12.1 Å². The van der Waals surface area contributed by atoms with Crippen LogP contribution in [0.5, 0.6) is 5.75 Å². The predicted octanol–water partition coefficient (Wildman–Crippen LogP) is 2.25. The number of carbonyl (C=O) groups is 1. The Labute approximate surface area is 105 Å². The van der Waals surface area contributed by atoms with Crippen molar-refractivity contribution in [3.05, 3.63) is 28.3 Å². The van der Waals surface area contributed by atoms with E-state index in [4.69, 9.17) is 21.1 Å². The summed E-state index contributed by atoms with van der Waals surface area (Å²) in [7, 11) is 1.43. The van der Waals surface area contributed by atoms with E-state index in [0.717, 1.165) is 0 Å². The lowest BCUT2D eigenvalue weighted by Crippen LogP contribution is -2.17. The van der Waals surface area contributed by atoms with Crippen LogP contribution < -0.4 is 4.74 Å². The van der Waals surface area contributed by atoms with Gasteiger partial charge in [-0.15, -0.1) is 0 Å². The molecule has 0 aliphatic carbocycles. The van der Waals surface area contributed by atoms with Gasteiger partial charge in [-0.1, -0.05) is 17.7 Å². The van der Waals surface area contributed by atoms with Gasteiger partial charge >= 0.3 is 5.97 Å². The summed E-state index contributed by atoms with van der Waals surface area (Å²) in [4.78, 5) is 11.5. The van der Waals surface area contributed by atoms with Crippen LogP contribution in [-0.2, 0) is 9.53 Å². The number of rotatable bonds is 4. The standard InChI is InChI=1S/C12H15ClO4/c1-4-17-12(15)10(14)9-7(2)5-6-8(13)11(9)16-3/h5-6,10,14H,4H2,1-3H3. The third-order valence-corrected chi connectivity index (χ3v) is 2.65. The molecule has 94 valence electrons. The minimum Gasteiger partial charge on any atom is -0.495 e. The molecule has 1 aromatic carbocycles. The van der Waals surface area contributed by atoms with Gasteiger partial charge in [0.05, 0.1) is 18.7 Å². The lowest BCUT2D eigenvalue weighted by atomic mass is 10.0. The molecule has 1 rings (SSSR count). The van der Waals surface area contributed by atoms with E-state index in [0.29, 0.717) is 21.9 Å². The molecule has 0 aliphatic rings. The van der Waals surface area contributed by atoms with Crippen molar-refractivity contribution in [3.63, 3.8) is 0 Å². The maximum Gasteiger partial charge on any atom is 0.339 e. The number of methoxy groups -OCH3 is 1. The van der Waals surface area contributed by atoms with Crippen LogP contribution in [0.15, 0.2) is 12.1 Å². The van der Waals surface area contributed by atoms with Crippen molar-refractivity contribution in [2.45, 2.75) is 20.0 Å². The van der Waals surface area contributed by atoms with E-state index >= 15 is 0 Å². The highest BCUT2D eigenvalue weighted by Gasteiger charge is 2.25. The first-order chi connectivity index (χ1) is 8.02. The topological polar surface area (TPSA) is 55.8 Å². The van der Waals surface area contributed by atoms with E-state index in [1.807, 2.05) is 0 Å². The fourth-order valence-corrected chi connectivity index (χ4v) is 1.80. The van der Waals surface area contributed by atoms with Crippen LogP contribution in [0.4, 0.5) is 0 Å². The second kappa shape index (κ2) is 5.89. The van der Waals surface area contributed by atoms with Gasteiger partial charge in [0.2, 0.25) is 0 Å². The molecule has 0 heterocycles. The van der Waals surface area contributed by atoms with Gasteiger partial charge in [-0.3, -0.25) is 0 Å². The maximum absolute atomic E-state index is 11.5. The molecule has 1 N–H and O–H groups in total. The summed E-state index contributed by atoms with van der Waals surface area (Å²) in [6.45, 7) is 3.64. The molecule has 0 aliphatic heterocycles. The zero-order valence-corrected chi connectivity index (χ0v) is 10.7. The molecule has 5 heteroatoms. The molecule has 0 radical (unpaired) electrons. The van der Waals surface area contributed by atoms with Crippen LogP contribution in [-0.4, -0.2) is 24.8 Å². The van der Waals surface area contributed by atoms with Gasteiger partial charge in [-0.25, -0.2) is 4.79 Å². The molecular weight excluding hydrogens is 244 g/mol. The molecule has 0 fully saturated rings. The Morgan fingerprint density at radius 3 is 2.71 bits per heavy atom. The Kier molecular flexibility index (Phi) is 4.78. The van der Waals surface area contributed by atoms with Crippen LogP contribution in [0, 0.1) is 6.92 Å². The van der Waals surface area contributed by atoms with Gasteiger partial charge in [-0.2, -0.15) is 0 Å². The van der Waals surface area contributed by atoms with Crippen LogP contribution in [0.2, 0.25) is 5.02 Å². The minimum atomic E-state index is -1.39. The van der Waals surface area contributed by atoms with Crippen molar-refractivity contribution in [1.82, 2.24) is 0 Å². The molecular formula is C12H15ClO4. The Balaban J connectivity index is 3.20. The summed E-state index contributed by atoms with van der Waals surface area (Å²) in [5.74, 6) is -0.414. The fourth-order valence-electron chi connectivity index (χ4n) is 1.56. The fraction of sp³-hybridized carbons (Fsp3) is 0.417. The number of hydrogen-bond donors (Lipinski definition) is 1. The van der Waals surface area contributed by atoms with Gasteiger partial charge < -0.3 is 14.6 Å². The molecule has 0 bridgehead atoms. The average molecular weight is 259 g/mol. The number of aliphatic hydroxyl groups excluding tert-OH is 1. The maximum atomic E-state index is 11.5. The molecule has 0 aromatic heterocycles. The van der Waals surface area contributed by atoms with Crippen molar-refractivity contribution < 1.29 is 19.4 Å². The molecule has 0 amide bonds. The summed E-state index contributed by atoms with van der Waals surface area (Å²) in [5.41, 5.74) is 1.06. The summed E-state index contributed by atoms with van der Waals surface area (Å²) >= 11 is 5.94. The monoisotopic (exact) mass is 258 g/mol. The van der Waals surface area contributed by atoms with E-state index in [1.165, 1.54) is 7.11 Å². The van der Waals surface area contributed by atoms with Gasteiger partial charge in [0, 0.05) is 5.56 Å². The zero-order valence-electron chi connectivity index (χ0n) is 9.99. The number of carbonyl (C=O) groups excluding carboxylic acids is 1. The molecule has 0 saturated carbocycles. The molecule has 4 nitrogen and oxygen atoms in total. The summed E-state index contributed by atoms with van der Waals surface area (Å²) in [6.07, 6.45) is -1.39. The quantitative estimate of drug-likeness (QED) is 0.842. The third-order valence-electron chi connectivity index (χ3n) is 2.35. The zero-order chi connectivity index (χ0) is 13.0. The van der Waals surface area contributed by atoms with E-state index in [-0.39, 0.29) is 6.61 Å². The van der Waals surface area contributed by atoms with Gasteiger partial charge in [0.25, 0.3) is 0 Å². The third kappa shape index (κ3) is 2.90. The number of aryl methyl sites for hydroxylation is 1. The van der Waals surface area contributed by atoms with Crippen LogP contribution in [0.1, 0.15) is 24.2 Å². The van der Waals surface area contributed by atoms with Gasteiger partial charge in [-0.05, 0) is 25.5 Å². The van der Waals surface area contributed by atoms with E-state index in [2.05, 4.69) is 0 Å². The lowest BCUT2D eigenvalue weighted by Gasteiger charge is -2.17. The van der Waals surface area contributed by atoms with Crippen molar-refractivity contribution in [3.8, 4) is 5.75 Å².